The van der Waals surface area contributed by atoms with Gasteiger partial charge in [-0.1, -0.05) is 60.2 Å². The minimum atomic E-state index is -0.210. The van der Waals surface area contributed by atoms with Gasteiger partial charge in [0.1, 0.15) is 17.3 Å². The fourth-order valence-electron chi connectivity index (χ4n) is 2.66. The summed E-state index contributed by atoms with van der Waals surface area (Å²) in [7, 11) is 0. The summed E-state index contributed by atoms with van der Waals surface area (Å²) in [5.74, 6) is 0.992. The quantitative estimate of drug-likeness (QED) is 0.715. The molecule has 0 fully saturated rings. The van der Waals surface area contributed by atoms with Crippen LogP contribution in [-0.4, -0.2) is 15.9 Å². The lowest BCUT2D eigenvalue weighted by atomic mass is 10.1. The van der Waals surface area contributed by atoms with Crippen LogP contribution in [0.1, 0.15) is 33.0 Å². The highest BCUT2D eigenvalue weighted by Crippen LogP contribution is 2.11. The Labute approximate surface area is 153 Å². The van der Waals surface area contributed by atoms with Gasteiger partial charge < -0.3 is 10.6 Å². The molecular formula is C21H22N4O. The lowest BCUT2D eigenvalue weighted by Crippen LogP contribution is -2.24. The topological polar surface area (TPSA) is 66.9 Å². The monoisotopic (exact) mass is 346 g/mol. The van der Waals surface area contributed by atoms with Crippen LogP contribution in [0.4, 0.5) is 5.82 Å². The first kappa shape index (κ1) is 17.6. The molecule has 132 valence electrons. The van der Waals surface area contributed by atoms with Gasteiger partial charge in [0.15, 0.2) is 0 Å². The second kappa shape index (κ2) is 8.25. The molecule has 1 amide bonds. The smallest absolute Gasteiger partial charge is 0.270 e. The van der Waals surface area contributed by atoms with E-state index in [1.807, 2.05) is 36.4 Å². The lowest BCUT2D eigenvalue weighted by molar-refractivity contribution is 0.0945. The molecule has 0 unspecified atom stereocenters. The Kier molecular flexibility index (Phi) is 5.59. The summed E-state index contributed by atoms with van der Waals surface area (Å²) in [4.78, 5) is 21.0. The number of amides is 1. The summed E-state index contributed by atoms with van der Waals surface area (Å²) in [6, 6.07) is 19.7. The van der Waals surface area contributed by atoms with E-state index in [1.54, 1.807) is 13.0 Å². The number of nitrogens with zero attached hydrogens (tertiary/aromatic N) is 2. The Morgan fingerprint density at radius 2 is 1.65 bits per heavy atom. The van der Waals surface area contributed by atoms with E-state index in [9.17, 15) is 4.79 Å². The van der Waals surface area contributed by atoms with Crippen molar-refractivity contribution in [1.82, 2.24) is 15.3 Å². The van der Waals surface area contributed by atoms with Gasteiger partial charge in [-0.3, -0.25) is 4.79 Å². The first-order chi connectivity index (χ1) is 12.6. The first-order valence-corrected chi connectivity index (χ1v) is 8.57. The third-order valence-corrected chi connectivity index (χ3v) is 3.92. The van der Waals surface area contributed by atoms with Crippen molar-refractivity contribution in [1.29, 1.82) is 0 Å². The van der Waals surface area contributed by atoms with Gasteiger partial charge in [-0.05, 0) is 25.0 Å². The van der Waals surface area contributed by atoms with Crippen LogP contribution < -0.4 is 10.6 Å². The number of rotatable bonds is 6. The van der Waals surface area contributed by atoms with E-state index in [1.165, 1.54) is 5.56 Å². The van der Waals surface area contributed by atoms with Crippen molar-refractivity contribution in [3.8, 4) is 0 Å². The Bertz CT molecular complexity index is 894. The minimum Gasteiger partial charge on any atom is -0.366 e. The lowest BCUT2D eigenvalue weighted by Gasteiger charge is -2.10. The second-order valence-electron chi connectivity index (χ2n) is 6.20. The molecule has 1 heterocycles. The standard InChI is InChI=1S/C21H22N4O/c1-15-7-6-10-18(11-15)14-22-20-12-19(24-16(2)25-20)21(26)23-13-17-8-4-3-5-9-17/h3-12H,13-14H2,1-2H3,(H,23,26)(H,22,24,25). The predicted molar refractivity (Wildman–Crippen MR) is 103 cm³/mol. The Morgan fingerprint density at radius 3 is 2.42 bits per heavy atom. The molecule has 3 aromatic rings. The third kappa shape index (κ3) is 4.89. The summed E-state index contributed by atoms with van der Waals surface area (Å²) in [6.07, 6.45) is 0. The number of carbonyl (C=O) groups is 1. The van der Waals surface area contributed by atoms with Crippen LogP contribution in [0.3, 0.4) is 0 Å². The van der Waals surface area contributed by atoms with Gasteiger partial charge in [-0.25, -0.2) is 9.97 Å². The summed E-state index contributed by atoms with van der Waals surface area (Å²) < 4.78 is 0. The van der Waals surface area contributed by atoms with E-state index in [0.29, 0.717) is 30.4 Å². The molecule has 0 spiro atoms. The number of carbonyl (C=O) groups excluding carboxylic acids is 1. The van der Waals surface area contributed by atoms with Gasteiger partial charge >= 0.3 is 0 Å². The first-order valence-electron chi connectivity index (χ1n) is 8.57. The highest BCUT2D eigenvalue weighted by atomic mass is 16.1. The predicted octanol–water partition coefficient (Wildman–Crippen LogP) is 3.64. The van der Waals surface area contributed by atoms with Crippen molar-refractivity contribution in [2.45, 2.75) is 26.9 Å². The maximum absolute atomic E-state index is 12.4. The van der Waals surface area contributed by atoms with E-state index >= 15 is 0 Å². The van der Waals surface area contributed by atoms with E-state index in [-0.39, 0.29) is 5.91 Å². The summed E-state index contributed by atoms with van der Waals surface area (Å²) >= 11 is 0. The van der Waals surface area contributed by atoms with Gasteiger partial charge in [0.25, 0.3) is 5.91 Å². The van der Waals surface area contributed by atoms with Gasteiger partial charge in [0, 0.05) is 19.2 Å². The second-order valence-corrected chi connectivity index (χ2v) is 6.20. The van der Waals surface area contributed by atoms with Crippen molar-refractivity contribution in [2.75, 3.05) is 5.32 Å². The van der Waals surface area contributed by atoms with Crippen LogP contribution in [0.5, 0.6) is 0 Å². The minimum absolute atomic E-state index is 0.210. The van der Waals surface area contributed by atoms with Crippen LogP contribution in [0.25, 0.3) is 0 Å². The zero-order valence-corrected chi connectivity index (χ0v) is 15.0. The highest BCUT2D eigenvalue weighted by Gasteiger charge is 2.10. The summed E-state index contributed by atoms with van der Waals surface area (Å²) in [5, 5.41) is 6.16. The fourth-order valence-corrected chi connectivity index (χ4v) is 2.66. The number of benzene rings is 2. The van der Waals surface area contributed by atoms with Crippen molar-refractivity contribution in [3.63, 3.8) is 0 Å². The number of hydrogen-bond acceptors (Lipinski definition) is 4. The van der Waals surface area contributed by atoms with Gasteiger partial charge in [-0.15, -0.1) is 0 Å². The number of hydrogen-bond donors (Lipinski definition) is 2. The molecule has 1 aromatic heterocycles. The fraction of sp³-hybridized carbons (Fsp3) is 0.190. The van der Waals surface area contributed by atoms with Gasteiger partial charge in [0.2, 0.25) is 0 Å². The zero-order chi connectivity index (χ0) is 18.4. The molecular weight excluding hydrogens is 324 g/mol. The molecule has 5 heteroatoms. The van der Waals surface area contributed by atoms with E-state index in [0.717, 1.165) is 11.1 Å². The maximum Gasteiger partial charge on any atom is 0.270 e. The van der Waals surface area contributed by atoms with Crippen molar-refractivity contribution >= 4 is 11.7 Å². The number of aromatic nitrogens is 2. The molecule has 0 aliphatic heterocycles. The third-order valence-electron chi connectivity index (χ3n) is 3.92. The van der Waals surface area contributed by atoms with Crippen molar-refractivity contribution < 1.29 is 4.79 Å². The van der Waals surface area contributed by atoms with Crippen LogP contribution >= 0.6 is 0 Å². The average Bonchev–Trinajstić information content (AvgIpc) is 2.65. The molecule has 0 aliphatic rings. The molecule has 0 saturated carbocycles. The number of aryl methyl sites for hydroxylation is 2. The molecule has 3 rings (SSSR count). The van der Waals surface area contributed by atoms with Crippen LogP contribution in [-0.2, 0) is 13.1 Å². The number of anilines is 1. The van der Waals surface area contributed by atoms with Gasteiger partial charge in [0.05, 0.1) is 0 Å². The Morgan fingerprint density at radius 1 is 0.885 bits per heavy atom. The molecule has 0 saturated heterocycles. The summed E-state index contributed by atoms with van der Waals surface area (Å²) in [5.41, 5.74) is 3.78. The van der Waals surface area contributed by atoms with Crippen LogP contribution in [0.2, 0.25) is 0 Å². The van der Waals surface area contributed by atoms with Gasteiger partial charge in [-0.2, -0.15) is 0 Å². The van der Waals surface area contributed by atoms with Crippen LogP contribution in [0.15, 0.2) is 60.7 Å². The Balaban J connectivity index is 1.65. The maximum atomic E-state index is 12.4. The molecule has 0 aliphatic carbocycles. The largest absolute Gasteiger partial charge is 0.366 e. The molecule has 2 N–H and O–H groups in total. The van der Waals surface area contributed by atoms with Crippen molar-refractivity contribution in [3.05, 3.63) is 88.9 Å². The highest BCUT2D eigenvalue weighted by molar-refractivity contribution is 5.92. The SMILES string of the molecule is Cc1cccc(CNc2cc(C(=O)NCc3ccccc3)nc(C)n2)c1. The van der Waals surface area contributed by atoms with E-state index in [4.69, 9.17) is 0 Å². The molecule has 26 heavy (non-hydrogen) atoms. The molecule has 0 bridgehead atoms. The Hall–Kier alpha value is -3.21. The van der Waals surface area contributed by atoms with E-state index < -0.39 is 0 Å². The van der Waals surface area contributed by atoms with E-state index in [2.05, 4.69) is 45.7 Å². The normalized spacial score (nSPS) is 10.4. The summed E-state index contributed by atoms with van der Waals surface area (Å²) in [6.45, 7) is 4.96. The van der Waals surface area contributed by atoms with Crippen molar-refractivity contribution in [2.24, 2.45) is 0 Å². The molecule has 0 atom stereocenters. The van der Waals surface area contributed by atoms with Crippen LogP contribution in [0, 0.1) is 13.8 Å². The zero-order valence-electron chi connectivity index (χ0n) is 15.0. The molecule has 0 radical (unpaired) electrons. The average molecular weight is 346 g/mol. The molecule has 5 nitrogen and oxygen atoms in total. The number of nitrogens with one attached hydrogen (secondary N) is 2. The molecule has 2 aromatic carbocycles.